The summed E-state index contributed by atoms with van der Waals surface area (Å²) in [5.41, 5.74) is 4.50. The summed E-state index contributed by atoms with van der Waals surface area (Å²) in [6.07, 6.45) is 0. The van der Waals surface area contributed by atoms with Crippen LogP contribution in [0.3, 0.4) is 0 Å². The van der Waals surface area contributed by atoms with E-state index in [-0.39, 0.29) is 0 Å². The minimum absolute atomic E-state index is 0.748. The highest BCUT2D eigenvalue weighted by Gasteiger charge is 2.19. The molecule has 0 fully saturated rings. The molecule has 0 N–H and O–H groups in total. The molecule has 0 amide bonds. The van der Waals surface area contributed by atoms with E-state index in [0.29, 0.717) is 0 Å². The number of hydrogen-bond acceptors (Lipinski definition) is 2. The third-order valence-corrected chi connectivity index (χ3v) is 4.19. The topological polar surface area (TPSA) is 15.6 Å². The molecule has 0 saturated heterocycles. The highest BCUT2D eigenvalue weighted by atomic mass is 79.9. The second-order valence-corrected chi connectivity index (χ2v) is 6.16. The molecule has 2 aromatic carbocycles. The molecule has 0 radical (unpaired) electrons. The van der Waals surface area contributed by atoms with Crippen LogP contribution in [-0.4, -0.2) is 30.7 Å². The van der Waals surface area contributed by atoms with Gasteiger partial charge in [-0.2, -0.15) is 0 Å². The quantitative estimate of drug-likeness (QED) is 0.738. The standard InChI is InChI=1S/C17H16BrClN2/c18-8-10-21-11-9-20-17(13-4-2-1-3-5-13)15-12-14(19)6-7-16(15)21/h1-7,12H,8-11H2. The van der Waals surface area contributed by atoms with E-state index in [2.05, 4.69) is 39.0 Å². The zero-order chi connectivity index (χ0) is 14.7. The zero-order valence-electron chi connectivity index (χ0n) is 11.6. The van der Waals surface area contributed by atoms with E-state index < -0.39 is 0 Å². The fraction of sp³-hybridized carbons (Fsp3) is 0.235. The van der Waals surface area contributed by atoms with Crippen molar-refractivity contribution < 1.29 is 0 Å². The number of fused-ring (bicyclic) bond motifs is 1. The maximum absolute atomic E-state index is 6.22. The summed E-state index contributed by atoms with van der Waals surface area (Å²) in [5.74, 6) is 0. The SMILES string of the molecule is Clc1ccc2c(c1)C(c1ccccc1)=NCCN2CCBr. The first-order valence-corrected chi connectivity index (χ1v) is 8.50. The molecule has 0 saturated carbocycles. The molecular formula is C17H16BrClN2. The molecule has 3 rings (SSSR count). The molecule has 0 unspecified atom stereocenters. The molecular weight excluding hydrogens is 348 g/mol. The summed E-state index contributed by atoms with van der Waals surface area (Å²) in [6.45, 7) is 2.69. The second-order valence-electron chi connectivity index (χ2n) is 4.93. The third-order valence-electron chi connectivity index (χ3n) is 3.60. The van der Waals surface area contributed by atoms with E-state index in [1.54, 1.807) is 0 Å². The number of rotatable bonds is 3. The number of anilines is 1. The van der Waals surface area contributed by atoms with Crippen LogP contribution in [0.2, 0.25) is 5.02 Å². The van der Waals surface area contributed by atoms with Gasteiger partial charge < -0.3 is 4.90 Å². The Morgan fingerprint density at radius 1 is 1.14 bits per heavy atom. The van der Waals surface area contributed by atoms with E-state index in [1.165, 1.54) is 5.69 Å². The predicted octanol–water partition coefficient (Wildman–Crippen LogP) is 4.39. The Hall–Kier alpha value is -1.32. The summed E-state index contributed by atoms with van der Waals surface area (Å²) < 4.78 is 0. The van der Waals surface area contributed by atoms with E-state index >= 15 is 0 Å². The zero-order valence-corrected chi connectivity index (χ0v) is 13.9. The molecule has 1 aliphatic rings. The van der Waals surface area contributed by atoms with Crippen LogP contribution in [0.5, 0.6) is 0 Å². The summed E-state index contributed by atoms with van der Waals surface area (Å²) in [4.78, 5) is 7.17. The number of benzodiazepines with no additional fused rings is 1. The predicted molar refractivity (Wildman–Crippen MR) is 94.4 cm³/mol. The number of halogens is 2. The molecule has 2 aromatic rings. The molecule has 4 heteroatoms. The van der Waals surface area contributed by atoms with Gasteiger partial charge in [-0.15, -0.1) is 0 Å². The van der Waals surface area contributed by atoms with Crippen molar-refractivity contribution in [2.45, 2.75) is 0 Å². The van der Waals surface area contributed by atoms with Gasteiger partial charge in [-0.05, 0) is 18.2 Å². The fourth-order valence-corrected chi connectivity index (χ4v) is 3.24. The average molecular weight is 364 g/mol. The molecule has 0 aromatic heterocycles. The lowest BCUT2D eigenvalue weighted by Crippen LogP contribution is -2.28. The normalized spacial score (nSPS) is 14.4. The Bertz CT molecular complexity index is 655. The molecule has 0 atom stereocenters. The van der Waals surface area contributed by atoms with Gasteiger partial charge in [-0.25, -0.2) is 0 Å². The number of benzene rings is 2. The van der Waals surface area contributed by atoms with Gasteiger partial charge in [-0.1, -0.05) is 57.9 Å². The molecule has 1 aliphatic heterocycles. The lowest BCUT2D eigenvalue weighted by molar-refractivity contribution is 0.832. The largest absolute Gasteiger partial charge is 0.368 e. The summed E-state index contributed by atoms with van der Waals surface area (Å²) in [7, 11) is 0. The Kier molecular flexibility index (Phi) is 4.61. The van der Waals surface area contributed by atoms with Gasteiger partial charge in [0.1, 0.15) is 0 Å². The van der Waals surface area contributed by atoms with Crippen molar-refractivity contribution in [3.63, 3.8) is 0 Å². The van der Waals surface area contributed by atoms with Crippen molar-refractivity contribution in [1.29, 1.82) is 0 Å². The first-order valence-electron chi connectivity index (χ1n) is 7.00. The third kappa shape index (κ3) is 3.14. The van der Waals surface area contributed by atoms with Crippen LogP contribution in [0, 0.1) is 0 Å². The van der Waals surface area contributed by atoms with Crippen LogP contribution in [0.1, 0.15) is 11.1 Å². The summed E-state index contributed by atoms with van der Waals surface area (Å²) in [5, 5.41) is 1.69. The average Bonchev–Trinajstić information content (AvgIpc) is 2.68. The molecule has 2 nitrogen and oxygen atoms in total. The first-order chi connectivity index (χ1) is 10.3. The lowest BCUT2D eigenvalue weighted by Gasteiger charge is -2.24. The van der Waals surface area contributed by atoms with Crippen molar-refractivity contribution in [2.24, 2.45) is 4.99 Å². The Balaban J connectivity index is 2.12. The number of nitrogens with zero attached hydrogens (tertiary/aromatic N) is 2. The van der Waals surface area contributed by atoms with Crippen molar-refractivity contribution in [3.8, 4) is 0 Å². The van der Waals surface area contributed by atoms with E-state index in [0.717, 1.165) is 46.8 Å². The van der Waals surface area contributed by atoms with E-state index in [1.807, 2.05) is 30.3 Å². The van der Waals surface area contributed by atoms with Crippen LogP contribution in [-0.2, 0) is 0 Å². The van der Waals surface area contributed by atoms with E-state index in [4.69, 9.17) is 16.6 Å². The molecule has 0 spiro atoms. The smallest absolute Gasteiger partial charge is 0.0741 e. The van der Waals surface area contributed by atoms with Crippen molar-refractivity contribution in [1.82, 2.24) is 0 Å². The minimum Gasteiger partial charge on any atom is -0.368 e. The first kappa shape index (κ1) is 14.6. The van der Waals surface area contributed by atoms with Gasteiger partial charge in [0, 0.05) is 40.3 Å². The Labute approximate surface area is 138 Å². The molecule has 0 aliphatic carbocycles. The van der Waals surface area contributed by atoms with Crippen molar-refractivity contribution >= 4 is 38.9 Å². The van der Waals surface area contributed by atoms with Crippen LogP contribution in [0.4, 0.5) is 5.69 Å². The van der Waals surface area contributed by atoms with Gasteiger partial charge in [0.25, 0.3) is 0 Å². The minimum atomic E-state index is 0.748. The van der Waals surface area contributed by atoms with Gasteiger partial charge in [0.05, 0.1) is 12.3 Å². The Morgan fingerprint density at radius 2 is 1.95 bits per heavy atom. The molecule has 1 heterocycles. The maximum Gasteiger partial charge on any atom is 0.0741 e. The highest BCUT2D eigenvalue weighted by Crippen LogP contribution is 2.29. The summed E-state index contributed by atoms with van der Waals surface area (Å²) >= 11 is 9.76. The van der Waals surface area contributed by atoms with Gasteiger partial charge in [-0.3, -0.25) is 4.99 Å². The molecule has 21 heavy (non-hydrogen) atoms. The van der Waals surface area contributed by atoms with E-state index in [9.17, 15) is 0 Å². The Morgan fingerprint density at radius 3 is 2.71 bits per heavy atom. The van der Waals surface area contributed by atoms with Crippen molar-refractivity contribution in [3.05, 3.63) is 64.7 Å². The number of aliphatic imine (C=N–C) groups is 1. The second kappa shape index (κ2) is 6.63. The van der Waals surface area contributed by atoms with Crippen LogP contribution >= 0.6 is 27.5 Å². The van der Waals surface area contributed by atoms with Crippen molar-refractivity contribution in [2.75, 3.05) is 29.9 Å². The molecule has 0 bridgehead atoms. The van der Waals surface area contributed by atoms with Gasteiger partial charge in [0.2, 0.25) is 0 Å². The fourth-order valence-electron chi connectivity index (χ4n) is 2.64. The number of alkyl halides is 1. The number of hydrogen-bond donors (Lipinski definition) is 0. The van der Waals surface area contributed by atoms with Crippen LogP contribution < -0.4 is 4.90 Å². The lowest BCUT2D eigenvalue weighted by atomic mass is 10.0. The van der Waals surface area contributed by atoms with Gasteiger partial charge >= 0.3 is 0 Å². The maximum atomic E-state index is 6.22. The highest BCUT2D eigenvalue weighted by molar-refractivity contribution is 9.09. The molecule has 108 valence electrons. The summed E-state index contributed by atoms with van der Waals surface area (Å²) in [6, 6.07) is 16.4. The van der Waals surface area contributed by atoms with Crippen LogP contribution in [0.25, 0.3) is 0 Å². The van der Waals surface area contributed by atoms with Crippen LogP contribution in [0.15, 0.2) is 53.5 Å². The monoisotopic (exact) mass is 362 g/mol. The van der Waals surface area contributed by atoms with Gasteiger partial charge in [0.15, 0.2) is 0 Å².